The summed E-state index contributed by atoms with van der Waals surface area (Å²) in [6.07, 6.45) is 3.52. The number of nitrogens with zero attached hydrogens (tertiary/aromatic N) is 4. The third kappa shape index (κ3) is 2.48. The van der Waals surface area contributed by atoms with Crippen molar-refractivity contribution in [3.8, 4) is 11.4 Å². The second-order valence-corrected chi connectivity index (χ2v) is 5.07. The SMILES string of the molecule is Cn1cnnc1-c1ccccc1NCc1nccs1. The molecule has 2 aromatic heterocycles. The minimum atomic E-state index is 0.715. The molecule has 2 heterocycles. The highest BCUT2D eigenvalue weighted by Crippen LogP contribution is 2.26. The minimum Gasteiger partial charge on any atom is -0.378 e. The van der Waals surface area contributed by atoms with E-state index in [-0.39, 0.29) is 0 Å². The molecule has 0 aliphatic heterocycles. The Morgan fingerprint density at radius 3 is 2.95 bits per heavy atom. The molecule has 6 heteroatoms. The van der Waals surface area contributed by atoms with E-state index in [9.17, 15) is 0 Å². The number of thiazole rings is 1. The van der Waals surface area contributed by atoms with Crippen LogP contribution in [0.15, 0.2) is 42.2 Å². The zero-order valence-corrected chi connectivity index (χ0v) is 11.3. The zero-order valence-electron chi connectivity index (χ0n) is 10.4. The van der Waals surface area contributed by atoms with Gasteiger partial charge in [0.05, 0.1) is 6.54 Å². The quantitative estimate of drug-likeness (QED) is 0.792. The summed E-state index contributed by atoms with van der Waals surface area (Å²) >= 11 is 1.64. The van der Waals surface area contributed by atoms with Crippen molar-refractivity contribution in [3.05, 3.63) is 47.2 Å². The van der Waals surface area contributed by atoms with Gasteiger partial charge in [-0.15, -0.1) is 21.5 Å². The fourth-order valence-electron chi connectivity index (χ4n) is 1.87. The summed E-state index contributed by atoms with van der Waals surface area (Å²) in [7, 11) is 1.94. The first kappa shape index (κ1) is 11.9. The molecule has 3 aromatic rings. The highest BCUT2D eigenvalue weighted by Gasteiger charge is 2.09. The van der Waals surface area contributed by atoms with E-state index in [0.29, 0.717) is 6.54 Å². The van der Waals surface area contributed by atoms with E-state index in [2.05, 4.69) is 20.5 Å². The van der Waals surface area contributed by atoms with E-state index in [1.165, 1.54) is 0 Å². The monoisotopic (exact) mass is 271 g/mol. The lowest BCUT2D eigenvalue weighted by Crippen LogP contribution is -2.02. The molecular formula is C13H13N5S. The molecule has 0 spiro atoms. The highest BCUT2D eigenvalue weighted by molar-refractivity contribution is 7.09. The van der Waals surface area contributed by atoms with Gasteiger partial charge in [-0.2, -0.15) is 0 Å². The van der Waals surface area contributed by atoms with Gasteiger partial charge in [0.15, 0.2) is 5.82 Å². The smallest absolute Gasteiger partial charge is 0.165 e. The van der Waals surface area contributed by atoms with Gasteiger partial charge in [0.1, 0.15) is 11.3 Å². The van der Waals surface area contributed by atoms with Crippen LogP contribution < -0.4 is 5.32 Å². The predicted octanol–water partition coefficient (Wildman–Crippen LogP) is 2.55. The molecule has 0 radical (unpaired) electrons. The molecule has 1 aromatic carbocycles. The molecule has 0 aliphatic rings. The Hall–Kier alpha value is -2.21. The van der Waals surface area contributed by atoms with Crippen molar-refractivity contribution >= 4 is 17.0 Å². The third-order valence-electron chi connectivity index (χ3n) is 2.79. The lowest BCUT2D eigenvalue weighted by Gasteiger charge is -2.10. The van der Waals surface area contributed by atoms with Gasteiger partial charge in [-0.05, 0) is 12.1 Å². The second kappa shape index (κ2) is 5.19. The van der Waals surface area contributed by atoms with Gasteiger partial charge in [0.25, 0.3) is 0 Å². The Morgan fingerprint density at radius 2 is 2.21 bits per heavy atom. The molecule has 0 amide bonds. The van der Waals surface area contributed by atoms with Crippen molar-refractivity contribution in [2.45, 2.75) is 6.54 Å². The van der Waals surface area contributed by atoms with Crippen LogP contribution in [0.3, 0.4) is 0 Å². The first-order chi connectivity index (χ1) is 9.34. The predicted molar refractivity (Wildman–Crippen MR) is 75.9 cm³/mol. The summed E-state index contributed by atoms with van der Waals surface area (Å²) in [4.78, 5) is 4.26. The summed E-state index contributed by atoms with van der Waals surface area (Å²) in [6, 6.07) is 8.08. The van der Waals surface area contributed by atoms with Crippen LogP contribution in [0.25, 0.3) is 11.4 Å². The Bertz CT molecular complexity index is 659. The van der Waals surface area contributed by atoms with E-state index >= 15 is 0 Å². The largest absolute Gasteiger partial charge is 0.378 e. The lowest BCUT2D eigenvalue weighted by atomic mass is 10.1. The van der Waals surface area contributed by atoms with E-state index in [4.69, 9.17) is 0 Å². The zero-order chi connectivity index (χ0) is 13.1. The molecule has 96 valence electrons. The fourth-order valence-corrected chi connectivity index (χ4v) is 2.43. The van der Waals surface area contributed by atoms with E-state index in [1.54, 1.807) is 17.7 Å². The van der Waals surface area contributed by atoms with Crippen LogP contribution in [0.4, 0.5) is 5.69 Å². The molecule has 3 rings (SSSR count). The summed E-state index contributed by atoms with van der Waals surface area (Å²) in [5.74, 6) is 0.849. The van der Waals surface area contributed by atoms with Gasteiger partial charge in [-0.3, -0.25) is 0 Å². The molecule has 5 nitrogen and oxygen atoms in total. The first-order valence-corrected chi connectivity index (χ1v) is 6.78. The molecular weight excluding hydrogens is 258 g/mol. The van der Waals surface area contributed by atoms with Crippen LogP contribution in [0.1, 0.15) is 5.01 Å². The Labute approximate surface area is 115 Å². The average Bonchev–Trinajstić information content (AvgIpc) is 3.08. The number of anilines is 1. The van der Waals surface area contributed by atoms with Gasteiger partial charge in [-0.1, -0.05) is 12.1 Å². The van der Waals surface area contributed by atoms with E-state index in [0.717, 1.165) is 22.1 Å². The standard InChI is InChI=1S/C13H13N5S/c1-18-9-16-17-13(18)10-4-2-3-5-11(10)15-8-12-14-6-7-19-12/h2-7,9,15H,8H2,1H3. The van der Waals surface area contributed by atoms with Crippen LogP contribution in [-0.2, 0) is 13.6 Å². The van der Waals surface area contributed by atoms with Gasteiger partial charge < -0.3 is 9.88 Å². The van der Waals surface area contributed by atoms with E-state index < -0.39 is 0 Å². The van der Waals surface area contributed by atoms with Gasteiger partial charge in [-0.25, -0.2) is 4.98 Å². The maximum Gasteiger partial charge on any atom is 0.165 e. The molecule has 19 heavy (non-hydrogen) atoms. The fraction of sp³-hybridized carbons (Fsp3) is 0.154. The average molecular weight is 271 g/mol. The lowest BCUT2D eigenvalue weighted by molar-refractivity contribution is 0.919. The number of nitrogens with one attached hydrogen (secondary N) is 1. The van der Waals surface area contributed by atoms with Crippen LogP contribution in [-0.4, -0.2) is 19.7 Å². The van der Waals surface area contributed by atoms with Crippen LogP contribution in [0, 0.1) is 0 Å². The Kier molecular flexibility index (Phi) is 3.24. The molecule has 0 unspecified atom stereocenters. The van der Waals surface area contributed by atoms with Crippen LogP contribution in [0.2, 0.25) is 0 Å². The molecule has 0 saturated heterocycles. The molecule has 0 bridgehead atoms. The van der Waals surface area contributed by atoms with Crippen molar-refractivity contribution in [1.82, 2.24) is 19.7 Å². The number of aromatic nitrogens is 4. The first-order valence-electron chi connectivity index (χ1n) is 5.90. The number of para-hydroxylation sites is 1. The number of hydrogen-bond acceptors (Lipinski definition) is 5. The van der Waals surface area contributed by atoms with Gasteiger partial charge in [0, 0.05) is 29.9 Å². The molecule has 0 fully saturated rings. The Morgan fingerprint density at radius 1 is 1.32 bits per heavy atom. The van der Waals surface area contributed by atoms with Crippen molar-refractivity contribution < 1.29 is 0 Å². The summed E-state index contributed by atoms with van der Waals surface area (Å²) < 4.78 is 1.91. The van der Waals surface area contributed by atoms with Crippen molar-refractivity contribution in [2.75, 3.05) is 5.32 Å². The normalized spacial score (nSPS) is 10.6. The highest BCUT2D eigenvalue weighted by atomic mass is 32.1. The maximum atomic E-state index is 4.26. The van der Waals surface area contributed by atoms with E-state index in [1.807, 2.05) is 47.5 Å². The van der Waals surface area contributed by atoms with Crippen molar-refractivity contribution in [1.29, 1.82) is 0 Å². The number of benzene rings is 1. The molecule has 0 atom stereocenters. The molecule has 1 N–H and O–H groups in total. The Balaban J connectivity index is 1.88. The third-order valence-corrected chi connectivity index (χ3v) is 3.57. The van der Waals surface area contributed by atoms with Crippen LogP contribution in [0.5, 0.6) is 0 Å². The number of hydrogen-bond donors (Lipinski definition) is 1. The van der Waals surface area contributed by atoms with Crippen molar-refractivity contribution in [2.24, 2.45) is 7.05 Å². The summed E-state index contributed by atoms with van der Waals surface area (Å²) in [6.45, 7) is 0.715. The molecule has 0 saturated carbocycles. The van der Waals surface area contributed by atoms with Crippen molar-refractivity contribution in [3.63, 3.8) is 0 Å². The topological polar surface area (TPSA) is 55.6 Å². The van der Waals surface area contributed by atoms with Gasteiger partial charge >= 0.3 is 0 Å². The summed E-state index contributed by atoms with van der Waals surface area (Å²) in [5.41, 5.74) is 2.08. The summed E-state index contributed by atoms with van der Waals surface area (Å²) in [5, 5.41) is 14.5. The van der Waals surface area contributed by atoms with Crippen LogP contribution >= 0.6 is 11.3 Å². The molecule has 0 aliphatic carbocycles. The number of rotatable bonds is 4. The minimum absolute atomic E-state index is 0.715. The second-order valence-electron chi connectivity index (χ2n) is 4.09. The number of aryl methyl sites for hydroxylation is 1. The van der Waals surface area contributed by atoms with Gasteiger partial charge in [0.2, 0.25) is 0 Å². The maximum absolute atomic E-state index is 4.26.